The zero-order valence-corrected chi connectivity index (χ0v) is 14.0. The summed E-state index contributed by atoms with van der Waals surface area (Å²) in [6.07, 6.45) is 2.46. The molecule has 1 saturated heterocycles. The molecule has 0 aliphatic carbocycles. The Bertz CT molecular complexity index is 630. The summed E-state index contributed by atoms with van der Waals surface area (Å²) >= 11 is 0. The fraction of sp³-hybridized carbons (Fsp3) is 0.444. The van der Waals surface area contributed by atoms with Crippen LogP contribution in [0.5, 0.6) is 0 Å². The van der Waals surface area contributed by atoms with E-state index in [0.29, 0.717) is 19.1 Å². The second-order valence-electron chi connectivity index (χ2n) is 5.76. The fourth-order valence-electron chi connectivity index (χ4n) is 2.67. The van der Waals surface area contributed by atoms with Crippen molar-refractivity contribution in [3.05, 3.63) is 36.4 Å². The van der Waals surface area contributed by atoms with E-state index in [4.69, 9.17) is 9.47 Å². The third-order valence-corrected chi connectivity index (χ3v) is 3.92. The van der Waals surface area contributed by atoms with Crippen LogP contribution in [0.25, 0.3) is 11.3 Å². The van der Waals surface area contributed by atoms with Crippen molar-refractivity contribution in [2.75, 3.05) is 44.0 Å². The minimum Gasteiger partial charge on any atom is -0.383 e. The van der Waals surface area contributed by atoms with Crippen molar-refractivity contribution in [1.29, 1.82) is 0 Å². The second-order valence-corrected chi connectivity index (χ2v) is 5.76. The van der Waals surface area contributed by atoms with Crippen LogP contribution in [-0.2, 0) is 9.47 Å². The van der Waals surface area contributed by atoms with E-state index >= 15 is 0 Å². The van der Waals surface area contributed by atoms with Gasteiger partial charge in [0.15, 0.2) is 0 Å². The highest BCUT2D eigenvalue weighted by atomic mass is 16.5. The van der Waals surface area contributed by atoms with Gasteiger partial charge in [-0.15, -0.1) is 0 Å². The third-order valence-electron chi connectivity index (χ3n) is 3.92. The maximum atomic E-state index is 5.65. The van der Waals surface area contributed by atoms with Crippen LogP contribution in [0.15, 0.2) is 36.4 Å². The van der Waals surface area contributed by atoms with E-state index in [-0.39, 0.29) is 6.10 Å². The normalized spacial score (nSPS) is 17.0. The molecule has 1 fully saturated rings. The van der Waals surface area contributed by atoms with Crippen LogP contribution in [0.3, 0.4) is 0 Å². The topological polar surface area (TPSA) is 68.3 Å². The summed E-state index contributed by atoms with van der Waals surface area (Å²) in [5.41, 5.74) is 1.95. The van der Waals surface area contributed by atoms with Gasteiger partial charge in [-0.05, 0) is 12.8 Å². The lowest BCUT2D eigenvalue weighted by Gasteiger charge is -2.13. The van der Waals surface area contributed by atoms with Gasteiger partial charge in [0.1, 0.15) is 5.82 Å². The molecule has 0 saturated carbocycles. The molecular weight excluding hydrogens is 304 g/mol. The molecule has 0 radical (unpaired) electrons. The van der Waals surface area contributed by atoms with E-state index in [1.807, 2.05) is 36.4 Å². The van der Waals surface area contributed by atoms with Crippen molar-refractivity contribution in [2.45, 2.75) is 18.9 Å². The van der Waals surface area contributed by atoms with E-state index < -0.39 is 0 Å². The van der Waals surface area contributed by atoms with Crippen molar-refractivity contribution < 1.29 is 9.47 Å². The summed E-state index contributed by atoms with van der Waals surface area (Å²) < 4.78 is 10.7. The molecule has 0 spiro atoms. The Morgan fingerprint density at radius 2 is 2.08 bits per heavy atom. The largest absolute Gasteiger partial charge is 0.383 e. The summed E-state index contributed by atoms with van der Waals surface area (Å²) in [5, 5.41) is 6.59. The third kappa shape index (κ3) is 4.66. The Morgan fingerprint density at radius 1 is 1.21 bits per heavy atom. The summed E-state index contributed by atoms with van der Waals surface area (Å²) in [5.74, 6) is 1.41. The van der Waals surface area contributed by atoms with Gasteiger partial charge in [-0.25, -0.2) is 4.98 Å². The number of anilines is 2. The van der Waals surface area contributed by atoms with Crippen molar-refractivity contribution >= 4 is 11.8 Å². The first-order valence-corrected chi connectivity index (χ1v) is 8.38. The van der Waals surface area contributed by atoms with Crippen LogP contribution < -0.4 is 10.6 Å². The number of rotatable bonds is 8. The predicted molar refractivity (Wildman–Crippen MR) is 95.3 cm³/mol. The van der Waals surface area contributed by atoms with E-state index in [9.17, 15) is 0 Å². The molecule has 6 nitrogen and oxygen atoms in total. The molecule has 24 heavy (non-hydrogen) atoms. The highest BCUT2D eigenvalue weighted by Gasteiger charge is 2.16. The maximum absolute atomic E-state index is 5.65. The van der Waals surface area contributed by atoms with E-state index in [1.54, 1.807) is 7.11 Å². The molecule has 6 heteroatoms. The Labute approximate surface area is 142 Å². The highest BCUT2D eigenvalue weighted by Crippen LogP contribution is 2.21. The van der Waals surface area contributed by atoms with Gasteiger partial charge in [-0.1, -0.05) is 30.3 Å². The zero-order chi connectivity index (χ0) is 16.6. The molecule has 128 valence electrons. The second kappa shape index (κ2) is 8.61. The molecule has 2 N–H and O–H groups in total. The van der Waals surface area contributed by atoms with Gasteiger partial charge in [0, 0.05) is 38.4 Å². The Hall–Kier alpha value is -2.18. The number of nitrogens with one attached hydrogen (secondary N) is 2. The standard InChI is InChI=1S/C18H24N4O2/c1-23-11-9-19-17-12-16(14-6-3-2-4-7-14)21-18(22-17)20-13-15-8-5-10-24-15/h2-4,6-7,12,15H,5,8-11,13H2,1H3,(H2,19,20,21,22). The summed E-state index contributed by atoms with van der Waals surface area (Å²) in [6, 6.07) is 12.1. The highest BCUT2D eigenvalue weighted by molar-refractivity contribution is 5.64. The molecule has 1 atom stereocenters. The molecule has 1 aliphatic heterocycles. The smallest absolute Gasteiger partial charge is 0.225 e. The molecule has 1 aromatic heterocycles. The molecule has 1 aromatic carbocycles. The first-order chi connectivity index (χ1) is 11.8. The Balaban J connectivity index is 1.76. The molecule has 3 rings (SSSR count). The number of nitrogens with zero attached hydrogens (tertiary/aromatic N) is 2. The Kier molecular flexibility index (Phi) is 5.98. The van der Waals surface area contributed by atoms with Gasteiger partial charge >= 0.3 is 0 Å². The van der Waals surface area contributed by atoms with Crippen LogP contribution in [0.4, 0.5) is 11.8 Å². The molecular formula is C18H24N4O2. The molecule has 0 amide bonds. The minimum atomic E-state index is 0.249. The van der Waals surface area contributed by atoms with E-state index in [0.717, 1.165) is 43.1 Å². The monoisotopic (exact) mass is 328 g/mol. The van der Waals surface area contributed by atoms with Crippen molar-refractivity contribution in [2.24, 2.45) is 0 Å². The van der Waals surface area contributed by atoms with Gasteiger partial charge in [0.2, 0.25) is 5.95 Å². The first-order valence-electron chi connectivity index (χ1n) is 8.38. The summed E-state index contributed by atoms with van der Waals surface area (Å²) in [6.45, 7) is 2.91. The zero-order valence-electron chi connectivity index (χ0n) is 14.0. The SMILES string of the molecule is COCCNc1cc(-c2ccccc2)nc(NCC2CCCO2)n1. The van der Waals surface area contributed by atoms with Crippen molar-refractivity contribution in [3.63, 3.8) is 0 Å². The minimum absolute atomic E-state index is 0.249. The van der Waals surface area contributed by atoms with Crippen LogP contribution >= 0.6 is 0 Å². The van der Waals surface area contributed by atoms with E-state index in [1.165, 1.54) is 0 Å². The first kappa shape index (κ1) is 16.7. The fourth-order valence-corrected chi connectivity index (χ4v) is 2.67. The van der Waals surface area contributed by atoms with Gasteiger partial charge in [0.05, 0.1) is 18.4 Å². The van der Waals surface area contributed by atoms with Gasteiger partial charge in [-0.3, -0.25) is 0 Å². The summed E-state index contributed by atoms with van der Waals surface area (Å²) in [7, 11) is 1.69. The van der Waals surface area contributed by atoms with Crippen molar-refractivity contribution in [3.8, 4) is 11.3 Å². The quantitative estimate of drug-likeness (QED) is 0.726. The van der Waals surface area contributed by atoms with E-state index in [2.05, 4.69) is 20.6 Å². The van der Waals surface area contributed by atoms with Crippen LogP contribution in [0.2, 0.25) is 0 Å². The molecule has 0 bridgehead atoms. The lowest BCUT2D eigenvalue weighted by atomic mass is 10.1. The Morgan fingerprint density at radius 3 is 2.83 bits per heavy atom. The summed E-state index contributed by atoms with van der Waals surface area (Å²) in [4.78, 5) is 9.19. The number of benzene rings is 1. The van der Waals surface area contributed by atoms with Gasteiger partial charge in [-0.2, -0.15) is 4.98 Å². The number of hydrogen-bond acceptors (Lipinski definition) is 6. The number of ether oxygens (including phenoxy) is 2. The number of aromatic nitrogens is 2. The molecule has 1 unspecified atom stereocenters. The lowest BCUT2D eigenvalue weighted by Crippen LogP contribution is -2.20. The van der Waals surface area contributed by atoms with Crippen LogP contribution in [0.1, 0.15) is 12.8 Å². The van der Waals surface area contributed by atoms with Crippen LogP contribution in [-0.4, -0.2) is 49.5 Å². The average Bonchev–Trinajstić information content (AvgIpc) is 3.14. The molecule has 2 heterocycles. The number of hydrogen-bond donors (Lipinski definition) is 2. The number of methoxy groups -OCH3 is 1. The molecule has 2 aromatic rings. The van der Waals surface area contributed by atoms with Crippen LogP contribution in [0, 0.1) is 0 Å². The average molecular weight is 328 g/mol. The molecule has 1 aliphatic rings. The predicted octanol–water partition coefficient (Wildman–Crippen LogP) is 2.79. The maximum Gasteiger partial charge on any atom is 0.225 e. The lowest BCUT2D eigenvalue weighted by molar-refractivity contribution is 0.120. The van der Waals surface area contributed by atoms with Gasteiger partial charge in [0.25, 0.3) is 0 Å². The van der Waals surface area contributed by atoms with Crippen molar-refractivity contribution in [1.82, 2.24) is 9.97 Å². The van der Waals surface area contributed by atoms with Gasteiger partial charge < -0.3 is 20.1 Å².